The van der Waals surface area contributed by atoms with Gasteiger partial charge in [0.05, 0.1) is 12.6 Å². The van der Waals surface area contributed by atoms with E-state index in [1.165, 1.54) is 11.3 Å². The lowest BCUT2D eigenvalue weighted by Gasteiger charge is -2.19. The van der Waals surface area contributed by atoms with Crippen molar-refractivity contribution in [1.82, 2.24) is 5.32 Å². The number of aliphatic hydroxyl groups excluding tert-OH is 1. The van der Waals surface area contributed by atoms with Crippen LogP contribution < -0.4 is 11.1 Å². The van der Waals surface area contributed by atoms with Crippen LogP contribution in [0.15, 0.2) is 47.8 Å². The van der Waals surface area contributed by atoms with E-state index in [0.717, 1.165) is 10.4 Å². The first-order valence-corrected chi connectivity index (χ1v) is 7.33. The van der Waals surface area contributed by atoms with Crippen LogP contribution in [0, 0.1) is 0 Å². The van der Waals surface area contributed by atoms with Crippen LogP contribution in [0.4, 0.5) is 0 Å². The zero-order chi connectivity index (χ0) is 14.4. The van der Waals surface area contributed by atoms with E-state index in [2.05, 4.69) is 5.32 Å². The number of hydrogen-bond acceptors (Lipinski definition) is 4. The first-order chi connectivity index (χ1) is 9.70. The summed E-state index contributed by atoms with van der Waals surface area (Å²) in [6.45, 7) is -0.113. The van der Waals surface area contributed by atoms with Crippen molar-refractivity contribution in [1.29, 1.82) is 0 Å². The molecule has 0 radical (unpaired) electrons. The summed E-state index contributed by atoms with van der Waals surface area (Å²) >= 11 is 1.45. The summed E-state index contributed by atoms with van der Waals surface area (Å²) in [4.78, 5) is 12.9. The van der Waals surface area contributed by atoms with Crippen LogP contribution in [-0.4, -0.2) is 23.7 Å². The van der Waals surface area contributed by atoms with Crippen molar-refractivity contribution in [3.8, 4) is 0 Å². The van der Waals surface area contributed by atoms with Crippen molar-refractivity contribution in [2.24, 2.45) is 5.73 Å². The average molecular weight is 290 g/mol. The molecule has 1 aromatic carbocycles. The molecule has 106 valence electrons. The standard InChI is InChI=1S/C15H18N2O2S/c16-14(13-7-4-8-20-13)15(19)17-12(10-18)9-11-5-2-1-3-6-11/h1-8,12,14,18H,9-10,16H2,(H,17,19). The van der Waals surface area contributed by atoms with Crippen molar-refractivity contribution in [3.63, 3.8) is 0 Å². The van der Waals surface area contributed by atoms with Gasteiger partial charge in [-0.2, -0.15) is 0 Å². The predicted molar refractivity (Wildman–Crippen MR) is 80.4 cm³/mol. The number of aliphatic hydroxyl groups is 1. The van der Waals surface area contributed by atoms with E-state index in [9.17, 15) is 9.90 Å². The van der Waals surface area contributed by atoms with E-state index in [0.29, 0.717) is 6.42 Å². The van der Waals surface area contributed by atoms with Gasteiger partial charge in [-0.1, -0.05) is 36.4 Å². The third-order valence-electron chi connectivity index (χ3n) is 3.02. The average Bonchev–Trinajstić information content (AvgIpc) is 3.01. The molecular weight excluding hydrogens is 272 g/mol. The highest BCUT2D eigenvalue weighted by Crippen LogP contribution is 2.17. The SMILES string of the molecule is NC(C(=O)NC(CO)Cc1ccccc1)c1cccs1. The molecule has 4 nitrogen and oxygen atoms in total. The molecule has 2 atom stereocenters. The predicted octanol–water partition coefficient (Wildman–Crippen LogP) is 1.47. The fourth-order valence-corrected chi connectivity index (χ4v) is 2.67. The minimum Gasteiger partial charge on any atom is -0.394 e. The summed E-state index contributed by atoms with van der Waals surface area (Å²) in [7, 11) is 0. The molecule has 0 saturated carbocycles. The maximum atomic E-state index is 12.1. The second-order valence-corrected chi connectivity index (χ2v) is 5.55. The lowest BCUT2D eigenvalue weighted by Crippen LogP contribution is -2.43. The molecule has 0 saturated heterocycles. The number of carbonyl (C=O) groups excluding carboxylic acids is 1. The molecule has 0 aliphatic carbocycles. The Kier molecular flexibility index (Phi) is 5.29. The Labute approximate surface area is 122 Å². The summed E-state index contributed by atoms with van der Waals surface area (Å²) in [5, 5.41) is 14.1. The quantitative estimate of drug-likeness (QED) is 0.754. The summed E-state index contributed by atoms with van der Waals surface area (Å²) in [6.07, 6.45) is 0.584. The summed E-state index contributed by atoms with van der Waals surface area (Å²) in [5.41, 5.74) is 6.96. The van der Waals surface area contributed by atoms with Crippen LogP contribution in [0.5, 0.6) is 0 Å². The molecule has 2 unspecified atom stereocenters. The smallest absolute Gasteiger partial charge is 0.242 e. The van der Waals surface area contributed by atoms with Crippen LogP contribution in [0.2, 0.25) is 0 Å². The molecule has 2 rings (SSSR count). The fraction of sp³-hybridized carbons (Fsp3) is 0.267. The van der Waals surface area contributed by atoms with Gasteiger partial charge in [-0.05, 0) is 23.4 Å². The van der Waals surface area contributed by atoms with Gasteiger partial charge in [-0.15, -0.1) is 11.3 Å². The molecule has 1 aromatic heterocycles. The summed E-state index contributed by atoms with van der Waals surface area (Å²) in [6, 6.07) is 12.4. The van der Waals surface area contributed by atoms with Gasteiger partial charge in [0.15, 0.2) is 0 Å². The number of hydrogen-bond donors (Lipinski definition) is 3. The maximum absolute atomic E-state index is 12.1. The molecule has 4 N–H and O–H groups in total. The first-order valence-electron chi connectivity index (χ1n) is 6.45. The van der Waals surface area contributed by atoms with Crippen LogP contribution in [0.1, 0.15) is 16.5 Å². The monoisotopic (exact) mass is 290 g/mol. The van der Waals surface area contributed by atoms with Gasteiger partial charge >= 0.3 is 0 Å². The highest BCUT2D eigenvalue weighted by atomic mass is 32.1. The second kappa shape index (κ2) is 7.19. The number of rotatable bonds is 6. The third-order valence-corrected chi connectivity index (χ3v) is 3.98. The molecule has 0 spiro atoms. The highest BCUT2D eigenvalue weighted by molar-refractivity contribution is 7.10. The number of carbonyl (C=O) groups is 1. The molecule has 1 amide bonds. The van der Waals surface area contributed by atoms with Gasteiger partial charge in [-0.3, -0.25) is 4.79 Å². The van der Waals surface area contributed by atoms with E-state index in [4.69, 9.17) is 5.73 Å². The van der Waals surface area contributed by atoms with Gasteiger partial charge in [0.2, 0.25) is 5.91 Å². The third kappa shape index (κ3) is 3.90. The van der Waals surface area contributed by atoms with E-state index in [-0.39, 0.29) is 18.6 Å². The summed E-state index contributed by atoms with van der Waals surface area (Å²) in [5.74, 6) is -0.262. The Morgan fingerprint density at radius 3 is 2.60 bits per heavy atom. The van der Waals surface area contributed by atoms with Gasteiger partial charge in [0, 0.05) is 4.88 Å². The minimum absolute atomic E-state index is 0.113. The van der Waals surface area contributed by atoms with Gasteiger partial charge in [-0.25, -0.2) is 0 Å². The van der Waals surface area contributed by atoms with Crippen LogP contribution in [0.25, 0.3) is 0 Å². The van der Waals surface area contributed by atoms with Crippen molar-refractivity contribution in [2.45, 2.75) is 18.5 Å². The van der Waals surface area contributed by atoms with Crippen LogP contribution >= 0.6 is 11.3 Å². The lowest BCUT2D eigenvalue weighted by molar-refractivity contribution is -0.123. The Hall–Kier alpha value is -1.69. The van der Waals surface area contributed by atoms with Crippen LogP contribution in [0.3, 0.4) is 0 Å². The maximum Gasteiger partial charge on any atom is 0.242 e. The summed E-state index contributed by atoms with van der Waals surface area (Å²) < 4.78 is 0. The Morgan fingerprint density at radius 1 is 1.25 bits per heavy atom. The molecule has 0 bridgehead atoms. The van der Waals surface area contributed by atoms with Gasteiger partial charge in [0.25, 0.3) is 0 Å². The number of nitrogens with two attached hydrogens (primary N) is 1. The number of benzene rings is 1. The van der Waals surface area contributed by atoms with Crippen molar-refractivity contribution in [3.05, 3.63) is 58.3 Å². The number of amides is 1. The molecule has 2 aromatic rings. The van der Waals surface area contributed by atoms with Crippen molar-refractivity contribution < 1.29 is 9.90 Å². The van der Waals surface area contributed by atoms with Crippen LogP contribution in [-0.2, 0) is 11.2 Å². The number of nitrogens with one attached hydrogen (secondary N) is 1. The Morgan fingerprint density at radius 2 is 2.00 bits per heavy atom. The molecule has 20 heavy (non-hydrogen) atoms. The molecule has 0 aliphatic rings. The molecule has 0 aliphatic heterocycles. The van der Waals surface area contributed by atoms with Gasteiger partial charge < -0.3 is 16.2 Å². The van der Waals surface area contributed by atoms with Crippen molar-refractivity contribution >= 4 is 17.2 Å². The zero-order valence-corrected chi connectivity index (χ0v) is 11.8. The van der Waals surface area contributed by atoms with Gasteiger partial charge in [0.1, 0.15) is 6.04 Å². The van der Waals surface area contributed by atoms with E-state index < -0.39 is 6.04 Å². The minimum atomic E-state index is -0.681. The normalized spacial score (nSPS) is 13.7. The molecule has 1 heterocycles. The zero-order valence-electron chi connectivity index (χ0n) is 11.0. The van der Waals surface area contributed by atoms with E-state index in [1.807, 2.05) is 47.8 Å². The number of thiophene rings is 1. The Bertz CT molecular complexity index is 528. The molecular formula is C15H18N2O2S. The largest absolute Gasteiger partial charge is 0.394 e. The highest BCUT2D eigenvalue weighted by Gasteiger charge is 2.20. The van der Waals surface area contributed by atoms with E-state index >= 15 is 0 Å². The Balaban J connectivity index is 1.94. The topological polar surface area (TPSA) is 75.4 Å². The second-order valence-electron chi connectivity index (χ2n) is 4.57. The first kappa shape index (κ1) is 14.7. The van der Waals surface area contributed by atoms with Crippen molar-refractivity contribution in [2.75, 3.05) is 6.61 Å². The van der Waals surface area contributed by atoms with E-state index in [1.54, 1.807) is 0 Å². The lowest BCUT2D eigenvalue weighted by atomic mass is 10.1. The fourth-order valence-electron chi connectivity index (χ4n) is 1.95. The molecule has 0 fully saturated rings. The molecule has 5 heteroatoms.